The third kappa shape index (κ3) is 5.99. The topological polar surface area (TPSA) is 53.5 Å². The predicted molar refractivity (Wildman–Crippen MR) is 267 cm³/mol. The van der Waals surface area contributed by atoms with Crippen molar-refractivity contribution in [1.82, 2.24) is 28.7 Å². The second-order valence-corrected chi connectivity index (χ2v) is 16.5. The van der Waals surface area contributed by atoms with E-state index >= 15 is 0 Å². The van der Waals surface area contributed by atoms with Crippen LogP contribution in [0.1, 0.15) is 0 Å². The third-order valence-corrected chi connectivity index (χ3v) is 12.7. The molecule has 65 heavy (non-hydrogen) atoms. The van der Waals surface area contributed by atoms with Crippen molar-refractivity contribution in [3.63, 3.8) is 0 Å². The number of fused-ring (bicyclic) bond motifs is 9. The van der Waals surface area contributed by atoms with Gasteiger partial charge in [-0.15, -0.1) is 0 Å². The molecule has 0 aliphatic heterocycles. The van der Waals surface area contributed by atoms with Gasteiger partial charge in [0.05, 0.1) is 27.6 Å². The lowest BCUT2D eigenvalue weighted by molar-refractivity contribution is 1.07. The van der Waals surface area contributed by atoms with Crippen LogP contribution in [0.2, 0.25) is 0 Å². The predicted octanol–water partition coefficient (Wildman–Crippen LogP) is 14.7. The van der Waals surface area contributed by atoms with E-state index in [9.17, 15) is 0 Å². The summed E-state index contributed by atoms with van der Waals surface area (Å²) in [7, 11) is 0. The van der Waals surface area contributed by atoms with Crippen LogP contribution >= 0.6 is 0 Å². The molecule has 4 aromatic heterocycles. The fourth-order valence-corrected chi connectivity index (χ4v) is 9.77. The van der Waals surface area contributed by atoms with E-state index in [0.717, 1.165) is 50.4 Å². The molecule has 0 atom stereocenters. The Bertz CT molecular complexity index is 3850. The number of hydrogen-bond donors (Lipinski definition) is 0. The lowest BCUT2D eigenvalue weighted by Gasteiger charge is -2.13. The first kappa shape index (κ1) is 36.8. The van der Waals surface area contributed by atoms with Gasteiger partial charge in [-0.3, -0.25) is 0 Å². The first-order chi connectivity index (χ1) is 32.2. The maximum Gasteiger partial charge on any atom is 0.164 e. The van der Waals surface area contributed by atoms with Gasteiger partial charge in [0.2, 0.25) is 0 Å². The lowest BCUT2D eigenvalue weighted by Crippen LogP contribution is -2.00. The van der Waals surface area contributed by atoms with Gasteiger partial charge in [-0.25, -0.2) is 15.0 Å². The van der Waals surface area contributed by atoms with Gasteiger partial charge in [0.25, 0.3) is 0 Å². The number of para-hydroxylation sites is 3. The van der Waals surface area contributed by atoms with E-state index in [1.54, 1.807) is 0 Å². The number of rotatable bonds is 7. The Morgan fingerprint density at radius 1 is 0.277 bits per heavy atom. The summed E-state index contributed by atoms with van der Waals surface area (Å²) in [6.45, 7) is 0. The molecule has 9 aromatic carbocycles. The van der Waals surface area contributed by atoms with Crippen molar-refractivity contribution < 1.29 is 0 Å². The minimum atomic E-state index is 0.631. The van der Waals surface area contributed by atoms with Crippen LogP contribution in [0.25, 0.3) is 117 Å². The average Bonchev–Trinajstić information content (AvgIpc) is 4.08. The molecule has 0 bridgehead atoms. The van der Waals surface area contributed by atoms with E-state index in [0.29, 0.717) is 17.5 Å². The van der Waals surface area contributed by atoms with Crippen LogP contribution in [0.4, 0.5) is 0 Å². The molecule has 304 valence electrons. The van der Waals surface area contributed by atoms with E-state index < -0.39 is 0 Å². The van der Waals surface area contributed by atoms with Crippen LogP contribution in [0, 0.1) is 0 Å². The second-order valence-electron chi connectivity index (χ2n) is 16.5. The zero-order chi connectivity index (χ0) is 42.8. The van der Waals surface area contributed by atoms with Gasteiger partial charge in [-0.1, -0.05) is 158 Å². The van der Waals surface area contributed by atoms with Crippen LogP contribution < -0.4 is 0 Å². The smallest absolute Gasteiger partial charge is 0.164 e. The van der Waals surface area contributed by atoms with Crippen molar-refractivity contribution in [2.24, 2.45) is 0 Å². The highest BCUT2D eigenvalue weighted by Crippen LogP contribution is 2.44. The SMILES string of the molecule is c1ccc(-c2nc(-c3ccccc3)nc(-c3cccc(-c4ccc(-n5c6c(ccc7c6ccn7-c6ccccc6)c6ccc7c(c8ccccc8n7-c7ccccc7)c65)cc4)c3)n2)cc1. The molecule has 6 nitrogen and oxygen atoms in total. The van der Waals surface area contributed by atoms with Crippen molar-refractivity contribution >= 4 is 54.5 Å². The van der Waals surface area contributed by atoms with E-state index in [1.165, 1.54) is 49.0 Å². The number of hydrogen-bond acceptors (Lipinski definition) is 3. The molecule has 6 heteroatoms. The van der Waals surface area contributed by atoms with Gasteiger partial charge in [-0.05, 0) is 77.9 Å². The maximum absolute atomic E-state index is 5.02. The van der Waals surface area contributed by atoms with Crippen LogP contribution in [0.15, 0.2) is 231 Å². The normalized spacial score (nSPS) is 11.7. The van der Waals surface area contributed by atoms with Crippen molar-refractivity contribution in [3.8, 4) is 62.4 Å². The van der Waals surface area contributed by atoms with Crippen molar-refractivity contribution in [2.75, 3.05) is 0 Å². The standard InChI is InChI=1S/C59H38N6/c1-5-16-40(17-6-1)57-60-58(41-18-7-2-8-19-41)62-59(61-57)43-21-15-20-42(38-43)39-28-30-46(31-29-39)65-55-47(32-34-51-50(55)36-37-63(51)44-22-9-3-10-23-44)48-33-35-53-54(56(48)65)49-26-13-14-27-52(49)64(53)45-24-11-4-12-25-45/h1-38H. The summed E-state index contributed by atoms with van der Waals surface area (Å²) in [5, 5.41) is 6.08. The lowest BCUT2D eigenvalue weighted by atomic mass is 10.0. The minimum Gasteiger partial charge on any atom is -0.316 e. The van der Waals surface area contributed by atoms with Crippen LogP contribution in [0.3, 0.4) is 0 Å². The quantitative estimate of drug-likeness (QED) is 0.161. The summed E-state index contributed by atoms with van der Waals surface area (Å²) >= 11 is 0. The average molecular weight is 831 g/mol. The van der Waals surface area contributed by atoms with Crippen molar-refractivity contribution in [3.05, 3.63) is 231 Å². The summed E-state index contributed by atoms with van der Waals surface area (Å²) in [4.78, 5) is 15.0. The second kappa shape index (κ2) is 14.9. The van der Waals surface area contributed by atoms with Crippen LogP contribution in [0.5, 0.6) is 0 Å². The van der Waals surface area contributed by atoms with Gasteiger partial charge in [0.1, 0.15) is 0 Å². The van der Waals surface area contributed by atoms with Crippen LogP contribution in [-0.2, 0) is 0 Å². The van der Waals surface area contributed by atoms with E-state index in [4.69, 9.17) is 15.0 Å². The van der Waals surface area contributed by atoms with Gasteiger partial charge >= 0.3 is 0 Å². The molecule has 0 spiro atoms. The molecule has 0 aliphatic carbocycles. The molecule has 13 rings (SSSR count). The summed E-state index contributed by atoms with van der Waals surface area (Å²) < 4.78 is 7.21. The molecule has 0 saturated carbocycles. The fourth-order valence-electron chi connectivity index (χ4n) is 9.77. The van der Waals surface area contributed by atoms with E-state index in [1.807, 2.05) is 60.7 Å². The maximum atomic E-state index is 5.02. The third-order valence-electron chi connectivity index (χ3n) is 12.7. The zero-order valence-electron chi connectivity index (χ0n) is 35.1. The molecule has 4 heterocycles. The summed E-state index contributed by atoms with van der Waals surface area (Å²) in [6, 6.07) is 79.4. The first-order valence-electron chi connectivity index (χ1n) is 21.9. The Morgan fingerprint density at radius 3 is 1.48 bits per heavy atom. The molecule has 0 fully saturated rings. The Balaban J connectivity index is 1.01. The molecule has 0 aliphatic rings. The number of aromatic nitrogens is 6. The first-order valence-corrected chi connectivity index (χ1v) is 21.9. The molecule has 0 unspecified atom stereocenters. The molecular formula is C59H38N6. The zero-order valence-corrected chi connectivity index (χ0v) is 35.1. The Morgan fingerprint density at radius 2 is 0.800 bits per heavy atom. The highest BCUT2D eigenvalue weighted by Gasteiger charge is 2.23. The number of benzene rings is 9. The molecule has 0 radical (unpaired) electrons. The van der Waals surface area contributed by atoms with E-state index in [2.05, 4.69) is 184 Å². The summed E-state index contributed by atoms with van der Waals surface area (Å²) in [5.74, 6) is 1.92. The number of nitrogens with zero attached hydrogens (tertiary/aromatic N) is 6. The molecule has 0 amide bonds. The molecule has 13 aromatic rings. The summed E-state index contributed by atoms with van der Waals surface area (Å²) in [6.07, 6.45) is 2.20. The molecule has 0 N–H and O–H groups in total. The van der Waals surface area contributed by atoms with Gasteiger partial charge < -0.3 is 13.7 Å². The van der Waals surface area contributed by atoms with Gasteiger partial charge in [-0.2, -0.15) is 0 Å². The summed E-state index contributed by atoms with van der Waals surface area (Å²) in [5.41, 5.74) is 14.2. The molecule has 0 saturated heterocycles. The monoisotopic (exact) mass is 830 g/mol. The van der Waals surface area contributed by atoms with Crippen LogP contribution in [-0.4, -0.2) is 28.7 Å². The van der Waals surface area contributed by atoms with Crippen molar-refractivity contribution in [2.45, 2.75) is 0 Å². The minimum absolute atomic E-state index is 0.631. The fraction of sp³-hybridized carbons (Fsp3) is 0. The van der Waals surface area contributed by atoms with Crippen molar-refractivity contribution in [1.29, 1.82) is 0 Å². The van der Waals surface area contributed by atoms with Gasteiger partial charge in [0.15, 0.2) is 17.5 Å². The Kier molecular flexibility index (Phi) is 8.42. The Labute approximate surface area is 374 Å². The Hall–Kier alpha value is -8.87. The van der Waals surface area contributed by atoms with E-state index in [-0.39, 0.29) is 0 Å². The highest BCUT2D eigenvalue weighted by atomic mass is 15.0. The van der Waals surface area contributed by atoms with Gasteiger partial charge in [0, 0.05) is 66.9 Å². The molecular weight excluding hydrogens is 793 g/mol. The largest absolute Gasteiger partial charge is 0.316 e. The highest BCUT2D eigenvalue weighted by molar-refractivity contribution is 6.28.